The predicted octanol–water partition coefficient (Wildman–Crippen LogP) is 1.53. The van der Waals surface area contributed by atoms with E-state index in [1.807, 2.05) is 0 Å². The van der Waals surface area contributed by atoms with Crippen LogP contribution in [0.5, 0.6) is 0 Å². The van der Waals surface area contributed by atoms with E-state index in [0.29, 0.717) is 17.6 Å². The molecule has 0 aliphatic heterocycles. The molecule has 18 heavy (non-hydrogen) atoms. The molecule has 0 aliphatic carbocycles. The number of nitrogens with one attached hydrogen (secondary N) is 1. The third kappa shape index (κ3) is 4.91. The van der Waals surface area contributed by atoms with E-state index < -0.39 is 0 Å². The summed E-state index contributed by atoms with van der Waals surface area (Å²) in [7, 11) is 1.61. The Kier molecular flexibility index (Phi) is 6.59. The van der Waals surface area contributed by atoms with Crippen LogP contribution in [0.4, 0.5) is 0 Å². The van der Waals surface area contributed by atoms with Gasteiger partial charge in [0.05, 0.1) is 4.47 Å². The second-order valence-corrected chi connectivity index (χ2v) is 5.41. The van der Waals surface area contributed by atoms with Gasteiger partial charge in [-0.05, 0) is 44.3 Å². The van der Waals surface area contributed by atoms with E-state index in [9.17, 15) is 9.59 Å². The van der Waals surface area contributed by atoms with Crippen LogP contribution in [0.15, 0.2) is 26.0 Å². The van der Waals surface area contributed by atoms with Crippen LogP contribution in [0, 0.1) is 0 Å². The quantitative estimate of drug-likeness (QED) is 0.760. The Morgan fingerprint density at radius 2 is 2.22 bits per heavy atom. The lowest BCUT2D eigenvalue weighted by Gasteiger charge is -2.08. The van der Waals surface area contributed by atoms with Crippen molar-refractivity contribution in [2.45, 2.75) is 13.0 Å². The molecule has 1 amide bonds. The summed E-state index contributed by atoms with van der Waals surface area (Å²) in [6.45, 7) is 1.14. The molecule has 1 heterocycles. The normalized spacial score (nSPS) is 10.4. The maximum absolute atomic E-state index is 11.7. The first-order valence-corrected chi connectivity index (χ1v) is 6.94. The van der Waals surface area contributed by atoms with Gasteiger partial charge in [0.15, 0.2) is 0 Å². The number of amides is 1. The van der Waals surface area contributed by atoms with Crippen LogP contribution in [0.2, 0.25) is 0 Å². The first-order valence-electron chi connectivity index (χ1n) is 5.35. The molecular weight excluding hydrogens is 368 g/mol. The molecule has 0 aromatic carbocycles. The van der Waals surface area contributed by atoms with Crippen LogP contribution in [-0.2, 0) is 16.1 Å². The fourth-order valence-electron chi connectivity index (χ4n) is 1.34. The summed E-state index contributed by atoms with van der Waals surface area (Å²) < 4.78 is 7.38. The van der Waals surface area contributed by atoms with Gasteiger partial charge in [-0.1, -0.05) is 0 Å². The Hall–Kier alpha value is -0.660. The molecule has 100 valence electrons. The van der Waals surface area contributed by atoms with Crippen LogP contribution < -0.4 is 10.9 Å². The lowest BCUT2D eigenvalue weighted by Crippen LogP contribution is -2.33. The highest BCUT2D eigenvalue weighted by Gasteiger charge is 2.07. The van der Waals surface area contributed by atoms with Crippen LogP contribution >= 0.6 is 31.9 Å². The molecule has 1 aromatic rings. The average molecular weight is 382 g/mol. The van der Waals surface area contributed by atoms with Crippen LogP contribution in [0.25, 0.3) is 0 Å². The number of ether oxygens (including phenoxy) is 1. The first-order chi connectivity index (χ1) is 8.54. The molecule has 0 atom stereocenters. The van der Waals surface area contributed by atoms with Crippen molar-refractivity contribution >= 4 is 37.8 Å². The van der Waals surface area contributed by atoms with E-state index in [0.717, 1.165) is 10.9 Å². The summed E-state index contributed by atoms with van der Waals surface area (Å²) in [6, 6.07) is 1.65. The number of pyridine rings is 1. The number of carbonyl (C=O) groups is 1. The van der Waals surface area contributed by atoms with Crippen molar-refractivity contribution < 1.29 is 9.53 Å². The minimum atomic E-state index is -0.231. The fourth-order valence-corrected chi connectivity index (χ4v) is 2.59. The van der Waals surface area contributed by atoms with E-state index in [4.69, 9.17) is 4.74 Å². The largest absolute Gasteiger partial charge is 0.385 e. The van der Waals surface area contributed by atoms with E-state index in [2.05, 4.69) is 37.2 Å². The van der Waals surface area contributed by atoms with Gasteiger partial charge in [-0.25, -0.2) is 0 Å². The third-order valence-corrected chi connectivity index (χ3v) is 3.17. The Bertz CT molecular complexity index is 474. The van der Waals surface area contributed by atoms with E-state index in [-0.39, 0.29) is 18.0 Å². The van der Waals surface area contributed by atoms with Crippen molar-refractivity contribution in [2.24, 2.45) is 0 Å². The minimum Gasteiger partial charge on any atom is -0.385 e. The molecule has 1 N–H and O–H groups in total. The second-order valence-electron chi connectivity index (χ2n) is 3.64. The fraction of sp³-hybridized carbons (Fsp3) is 0.455. The summed E-state index contributed by atoms with van der Waals surface area (Å²) in [4.78, 5) is 23.3. The van der Waals surface area contributed by atoms with Gasteiger partial charge in [0.2, 0.25) is 5.91 Å². The lowest BCUT2D eigenvalue weighted by molar-refractivity contribution is -0.121. The van der Waals surface area contributed by atoms with E-state index in [1.54, 1.807) is 19.4 Å². The molecule has 0 bridgehead atoms. The van der Waals surface area contributed by atoms with Gasteiger partial charge in [0, 0.05) is 30.9 Å². The number of nitrogens with zero attached hydrogens (tertiary/aromatic N) is 1. The molecule has 0 radical (unpaired) electrons. The zero-order valence-corrected chi connectivity index (χ0v) is 13.1. The highest BCUT2D eigenvalue weighted by atomic mass is 79.9. The zero-order chi connectivity index (χ0) is 13.5. The minimum absolute atomic E-state index is 0.00382. The number of carbonyl (C=O) groups excluding carboxylic acids is 1. The highest BCUT2D eigenvalue weighted by molar-refractivity contribution is 9.11. The predicted molar refractivity (Wildman–Crippen MR) is 75.6 cm³/mol. The number of methoxy groups -OCH3 is 1. The second kappa shape index (κ2) is 7.70. The van der Waals surface area contributed by atoms with Gasteiger partial charge < -0.3 is 14.6 Å². The maximum Gasteiger partial charge on any atom is 0.265 e. The Balaban J connectivity index is 2.57. The third-order valence-electron chi connectivity index (χ3n) is 2.17. The molecule has 0 saturated heterocycles. The highest BCUT2D eigenvalue weighted by Crippen LogP contribution is 2.12. The first kappa shape index (κ1) is 15.4. The van der Waals surface area contributed by atoms with Gasteiger partial charge >= 0.3 is 0 Å². The van der Waals surface area contributed by atoms with E-state index in [1.165, 1.54) is 4.57 Å². The van der Waals surface area contributed by atoms with Gasteiger partial charge in [0.1, 0.15) is 6.54 Å². The van der Waals surface area contributed by atoms with Crippen molar-refractivity contribution in [1.29, 1.82) is 0 Å². The molecule has 1 aromatic heterocycles. The Morgan fingerprint density at radius 3 is 2.89 bits per heavy atom. The van der Waals surface area contributed by atoms with Crippen molar-refractivity contribution in [2.75, 3.05) is 20.3 Å². The van der Waals surface area contributed by atoms with Crippen molar-refractivity contribution in [3.05, 3.63) is 31.6 Å². The average Bonchev–Trinajstić information content (AvgIpc) is 2.31. The summed E-state index contributed by atoms with van der Waals surface area (Å²) in [5.74, 6) is -0.196. The smallest absolute Gasteiger partial charge is 0.265 e. The summed E-state index contributed by atoms with van der Waals surface area (Å²) in [6.07, 6.45) is 2.33. The number of halogens is 2. The lowest BCUT2D eigenvalue weighted by atomic mass is 10.4. The van der Waals surface area contributed by atoms with Crippen LogP contribution in [0.1, 0.15) is 6.42 Å². The number of hydrogen-bond acceptors (Lipinski definition) is 3. The maximum atomic E-state index is 11.7. The number of hydrogen-bond donors (Lipinski definition) is 1. The molecule has 0 unspecified atom stereocenters. The summed E-state index contributed by atoms with van der Waals surface area (Å²) >= 11 is 6.42. The van der Waals surface area contributed by atoms with Crippen molar-refractivity contribution in [1.82, 2.24) is 9.88 Å². The summed E-state index contributed by atoms with van der Waals surface area (Å²) in [5.41, 5.74) is -0.231. The molecule has 1 rings (SSSR count). The zero-order valence-electron chi connectivity index (χ0n) is 9.91. The van der Waals surface area contributed by atoms with Crippen molar-refractivity contribution in [3.63, 3.8) is 0 Å². The standard InChI is InChI=1S/C11H14Br2N2O3/c1-18-4-2-3-14-10(16)7-15-6-8(12)5-9(13)11(15)17/h5-6H,2-4,7H2,1H3,(H,14,16). The van der Waals surface area contributed by atoms with Gasteiger partial charge in [0.25, 0.3) is 5.56 Å². The number of aromatic nitrogens is 1. The molecule has 0 spiro atoms. The van der Waals surface area contributed by atoms with Crippen LogP contribution in [0.3, 0.4) is 0 Å². The SMILES string of the molecule is COCCCNC(=O)Cn1cc(Br)cc(Br)c1=O. The van der Waals surface area contributed by atoms with E-state index >= 15 is 0 Å². The molecular formula is C11H14Br2N2O3. The van der Waals surface area contributed by atoms with Gasteiger partial charge in [-0.15, -0.1) is 0 Å². The molecule has 0 fully saturated rings. The van der Waals surface area contributed by atoms with Crippen LogP contribution in [-0.4, -0.2) is 30.7 Å². The van der Waals surface area contributed by atoms with Crippen molar-refractivity contribution in [3.8, 4) is 0 Å². The molecule has 7 heteroatoms. The molecule has 5 nitrogen and oxygen atoms in total. The molecule has 0 saturated carbocycles. The molecule has 0 aliphatic rings. The van der Waals surface area contributed by atoms with Gasteiger partial charge in [-0.2, -0.15) is 0 Å². The Labute approximate surface area is 122 Å². The Morgan fingerprint density at radius 1 is 1.50 bits per heavy atom. The summed E-state index contributed by atoms with van der Waals surface area (Å²) in [5, 5.41) is 2.72. The monoisotopic (exact) mass is 380 g/mol. The number of rotatable bonds is 6. The van der Waals surface area contributed by atoms with Gasteiger partial charge in [-0.3, -0.25) is 9.59 Å². The topological polar surface area (TPSA) is 60.3 Å².